The highest BCUT2D eigenvalue weighted by atomic mass is 19.1. The zero-order valence-electron chi connectivity index (χ0n) is 21.2. The van der Waals surface area contributed by atoms with E-state index < -0.39 is 23.3 Å². The van der Waals surface area contributed by atoms with E-state index >= 15 is 0 Å². The second kappa shape index (κ2) is 9.16. The molecular formula is C30H28F4N2. The van der Waals surface area contributed by atoms with E-state index in [-0.39, 0.29) is 22.2 Å². The van der Waals surface area contributed by atoms with Crippen LogP contribution in [0, 0.1) is 23.3 Å². The number of hydrogen-bond acceptors (Lipinski definition) is 2. The minimum absolute atomic E-state index is 0.0177. The van der Waals surface area contributed by atoms with Crippen LogP contribution in [-0.2, 0) is 10.8 Å². The topological polar surface area (TPSA) is 25.8 Å². The second-order valence-electron chi connectivity index (χ2n) is 11.0. The van der Waals surface area contributed by atoms with Gasteiger partial charge in [0, 0.05) is 23.3 Å². The first kappa shape index (κ1) is 25.5. The lowest BCUT2D eigenvalue weighted by atomic mass is 9.81. The van der Waals surface area contributed by atoms with Crippen LogP contribution in [0.2, 0.25) is 0 Å². The summed E-state index contributed by atoms with van der Waals surface area (Å²) in [7, 11) is 0. The van der Waals surface area contributed by atoms with Gasteiger partial charge in [0.25, 0.3) is 0 Å². The van der Waals surface area contributed by atoms with E-state index in [4.69, 9.17) is 0 Å². The van der Waals surface area contributed by atoms with Crippen LogP contribution in [0.15, 0.2) is 60.9 Å². The Morgan fingerprint density at radius 2 is 0.861 bits per heavy atom. The van der Waals surface area contributed by atoms with Crippen LogP contribution < -0.4 is 0 Å². The standard InChI is InChI=1S/C30H28F4N2/c1-29(2,3)17-7-9-21(23(11-17)27-25(33)13-19(31)15-35-27)22-10-8-18(30(4,5)6)12-24(22)28-26(34)14-20(32)16-36-28/h7-16H,1-6H3. The van der Waals surface area contributed by atoms with Crippen LogP contribution in [0.1, 0.15) is 52.7 Å². The summed E-state index contributed by atoms with van der Waals surface area (Å²) in [6.45, 7) is 12.2. The summed E-state index contributed by atoms with van der Waals surface area (Å²) in [6.07, 6.45) is 1.94. The molecule has 0 saturated carbocycles. The molecule has 0 aliphatic heterocycles. The summed E-state index contributed by atoms with van der Waals surface area (Å²) < 4.78 is 57.4. The summed E-state index contributed by atoms with van der Waals surface area (Å²) in [4.78, 5) is 8.11. The van der Waals surface area contributed by atoms with Crippen molar-refractivity contribution in [2.24, 2.45) is 0 Å². The third-order valence-electron chi connectivity index (χ3n) is 6.19. The van der Waals surface area contributed by atoms with Crippen molar-refractivity contribution in [1.29, 1.82) is 0 Å². The van der Waals surface area contributed by atoms with E-state index in [9.17, 15) is 17.6 Å². The Labute approximate surface area is 209 Å². The third kappa shape index (κ3) is 5.03. The molecule has 0 radical (unpaired) electrons. The van der Waals surface area contributed by atoms with E-state index in [0.717, 1.165) is 35.7 Å². The Bertz CT molecular complexity index is 1340. The van der Waals surface area contributed by atoms with Crippen molar-refractivity contribution in [2.45, 2.75) is 52.4 Å². The lowest BCUT2D eigenvalue weighted by molar-refractivity contribution is 0.574. The van der Waals surface area contributed by atoms with E-state index in [2.05, 4.69) is 9.97 Å². The number of hydrogen-bond donors (Lipinski definition) is 0. The quantitative estimate of drug-likeness (QED) is 0.268. The fraction of sp³-hybridized carbons (Fsp3) is 0.267. The molecule has 2 nitrogen and oxygen atoms in total. The van der Waals surface area contributed by atoms with Gasteiger partial charge in [-0.1, -0.05) is 65.8 Å². The Balaban J connectivity index is 2.08. The van der Waals surface area contributed by atoms with Crippen LogP contribution in [0.3, 0.4) is 0 Å². The van der Waals surface area contributed by atoms with Crippen molar-refractivity contribution in [3.8, 4) is 33.6 Å². The van der Waals surface area contributed by atoms with Gasteiger partial charge in [0.2, 0.25) is 0 Å². The molecule has 0 saturated heterocycles. The normalized spacial score (nSPS) is 12.2. The van der Waals surface area contributed by atoms with Crippen molar-refractivity contribution in [1.82, 2.24) is 9.97 Å². The molecule has 6 heteroatoms. The minimum Gasteiger partial charge on any atom is -0.250 e. The van der Waals surface area contributed by atoms with E-state index in [1.54, 1.807) is 0 Å². The molecule has 0 aliphatic carbocycles. The summed E-state index contributed by atoms with van der Waals surface area (Å²) in [5.41, 5.74) is 3.31. The molecule has 4 rings (SSSR count). The third-order valence-corrected chi connectivity index (χ3v) is 6.19. The predicted octanol–water partition coefficient (Wildman–Crippen LogP) is 8.63. The minimum atomic E-state index is -0.804. The van der Waals surface area contributed by atoms with Crippen LogP contribution >= 0.6 is 0 Å². The molecule has 36 heavy (non-hydrogen) atoms. The van der Waals surface area contributed by atoms with Crippen molar-refractivity contribution in [2.75, 3.05) is 0 Å². The monoisotopic (exact) mass is 492 g/mol. The van der Waals surface area contributed by atoms with Crippen LogP contribution in [0.4, 0.5) is 17.6 Å². The van der Waals surface area contributed by atoms with Gasteiger partial charge in [0.15, 0.2) is 11.6 Å². The highest BCUT2D eigenvalue weighted by Crippen LogP contribution is 2.42. The molecule has 2 heterocycles. The van der Waals surface area contributed by atoms with Gasteiger partial charge in [-0.25, -0.2) is 17.6 Å². The molecule has 0 atom stereocenters. The molecule has 186 valence electrons. The SMILES string of the molecule is CC(C)(C)c1ccc(-c2ccc(C(C)(C)C)cc2-c2ncc(F)cc2F)c(-c2ncc(F)cc2F)c1. The smallest absolute Gasteiger partial charge is 0.152 e. The summed E-state index contributed by atoms with van der Waals surface area (Å²) in [5.74, 6) is -3.17. The maximum absolute atomic E-state index is 15.0. The Kier molecular flexibility index (Phi) is 6.50. The zero-order chi connectivity index (χ0) is 26.4. The molecule has 0 bridgehead atoms. The zero-order valence-corrected chi connectivity index (χ0v) is 21.2. The number of halogens is 4. The van der Waals surface area contributed by atoms with Crippen molar-refractivity contribution in [3.05, 3.63) is 95.3 Å². The van der Waals surface area contributed by atoms with Gasteiger partial charge in [-0.05, 0) is 45.2 Å². The van der Waals surface area contributed by atoms with Crippen molar-refractivity contribution >= 4 is 0 Å². The van der Waals surface area contributed by atoms with Gasteiger partial charge in [-0.2, -0.15) is 0 Å². The van der Waals surface area contributed by atoms with Gasteiger partial charge in [0.05, 0.1) is 12.4 Å². The molecule has 4 aromatic rings. The number of aromatic nitrogens is 2. The summed E-state index contributed by atoms with van der Waals surface area (Å²) in [6, 6.07) is 12.8. The molecule has 2 aromatic carbocycles. The largest absolute Gasteiger partial charge is 0.250 e. The van der Waals surface area contributed by atoms with Crippen LogP contribution in [0.25, 0.3) is 33.6 Å². The van der Waals surface area contributed by atoms with Gasteiger partial charge >= 0.3 is 0 Å². The highest BCUT2D eigenvalue weighted by Gasteiger charge is 2.24. The molecule has 0 fully saturated rings. The average Bonchev–Trinajstić information content (AvgIpc) is 2.77. The Morgan fingerprint density at radius 3 is 1.17 bits per heavy atom. The van der Waals surface area contributed by atoms with E-state index in [1.165, 1.54) is 0 Å². The van der Waals surface area contributed by atoms with E-state index in [1.807, 2.05) is 77.9 Å². The maximum atomic E-state index is 15.0. The summed E-state index contributed by atoms with van der Waals surface area (Å²) in [5, 5.41) is 0. The van der Waals surface area contributed by atoms with Gasteiger partial charge in [-0.3, -0.25) is 9.97 Å². The maximum Gasteiger partial charge on any atom is 0.152 e. The highest BCUT2D eigenvalue weighted by molar-refractivity contribution is 5.91. The van der Waals surface area contributed by atoms with Gasteiger partial charge < -0.3 is 0 Å². The molecular weight excluding hydrogens is 464 g/mol. The number of pyridine rings is 2. The predicted molar refractivity (Wildman–Crippen MR) is 136 cm³/mol. The Morgan fingerprint density at radius 1 is 0.500 bits per heavy atom. The molecule has 0 unspecified atom stereocenters. The first-order chi connectivity index (χ1) is 16.8. The van der Waals surface area contributed by atoms with Crippen LogP contribution in [0.5, 0.6) is 0 Å². The Hall–Kier alpha value is -3.54. The number of nitrogens with zero attached hydrogens (tertiary/aromatic N) is 2. The fourth-order valence-corrected chi connectivity index (χ4v) is 4.11. The van der Waals surface area contributed by atoms with E-state index in [0.29, 0.717) is 22.3 Å². The van der Waals surface area contributed by atoms with Crippen LogP contribution in [-0.4, -0.2) is 9.97 Å². The number of rotatable bonds is 3. The molecule has 0 N–H and O–H groups in total. The average molecular weight is 493 g/mol. The second-order valence-corrected chi connectivity index (χ2v) is 11.0. The number of benzene rings is 2. The van der Waals surface area contributed by atoms with Crippen molar-refractivity contribution in [3.63, 3.8) is 0 Å². The molecule has 0 aliphatic rings. The fourth-order valence-electron chi connectivity index (χ4n) is 4.11. The molecule has 2 aromatic heterocycles. The first-order valence-corrected chi connectivity index (χ1v) is 11.7. The molecule has 0 amide bonds. The lowest BCUT2D eigenvalue weighted by Gasteiger charge is -2.24. The first-order valence-electron chi connectivity index (χ1n) is 11.7. The van der Waals surface area contributed by atoms with Gasteiger partial charge in [0.1, 0.15) is 23.0 Å². The molecule has 0 spiro atoms. The summed E-state index contributed by atoms with van der Waals surface area (Å²) >= 11 is 0. The van der Waals surface area contributed by atoms with Crippen molar-refractivity contribution < 1.29 is 17.6 Å². The lowest BCUT2D eigenvalue weighted by Crippen LogP contribution is -2.12. The van der Waals surface area contributed by atoms with Gasteiger partial charge in [-0.15, -0.1) is 0 Å².